The van der Waals surface area contributed by atoms with E-state index in [4.69, 9.17) is 11.5 Å². The number of nitrogens with two attached hydrogens (primary N) is 2. The third kappa shape index (κ3) is 16.7. The Morgan fingerprint density at radius 3 is 2.22 bits per heavy atom. The lowest BCUT2D eigenvalue weighted by atomic mass is 10.0. The summed E-state index contributed by atoms with van der Waals surface area (Å²) in [4.78, 5) is 72.1. The van der Waals surface area contributed by atoms with Crippen molar-refractivity contribution in [1.82, 2.24) is 36.9 Å². The van der Waals surface area contributed by atoms with Gasteiger partial charge in [0, 0.05) is 57.9 Å². The molecule has 14 N–H and O–H groups in total. The molecule has 0 radical (unpaired) electrons. The smallest absolute Gasteiger partial charge is 0.245 e. The summed E-state index contributed by atoms with van der Waals surface area (Å²) in [6.07, 6.45) is 1.07. The topological polar surface area (TPSA) is 286 Å². The predicted molar refractivity (Wildman–Crippen MR) is 268 cm³/mol. The summed E-state index contributed by atoms with van der Waals surface area (Å²) in [5.41, 5.74) is 16.6. The molecule has 8 atom stereocenters. The van der Waals surface area contributed by atoms with Gasteiger partial charge in [0.25, 0.3) is 0 Å². The molecule has 0 spiro atoms. The first-order valence-electron chi connectivity index (χ1n) is 23.0. The van der Waals surface area contributed by atoms with Crippen LogP contribution >= 0.6 is 23.5 Å². The molecule has 1 aliphatic rings. The number of nitrogens with one attached hydrogen (secondary N) is 7. The maximum absolute atomic E-state index is 14.2. The van der Waals surface area contributed by atoms with Gasteiger partial charge in [-0.1, -0.05) is 85.3 Å². The fourth-order valence-corrected chi connectivity index (χ4v) is 10.1. The maximum Gasteiger partial charge on any atom is 0.245 e. The molecule has 0 unspecified atom stereocenters. The van der Waals surface area contributed by atoms with E-state index in [9.17, 15) is 39.3 Å². The van der Waals surface area contributed by atoms with E-state index in [-0.39, 0.29) is 36.0 Å². The van der Waals surface area contributed by atoms with E-state index in [1.54, 1.807) is 0 Å². The van der Waals surface area contributed by atoms with Crippen LogP contribution in [-0.4, -0.2) is 129 Å². The number of hydrogen-bond donors (Lipinski definition) is 12. The first-order valence-corrected chi connectivity index (χ1v) is 25.2. The van der Waals surface area contributed by atoms with Crippen LogP contribution < -0.4 is 43.4 Å². The second-order valence-corrected chi connectivity index (χ2v) is 19.1. The van der Waals surface area contributed by atoms with Crippen LogP contribution in [0.4, 0.5) is 0 Å². The van der Waals surface area contributed by atoms with E-state index in [1.165, 1.54) is 37.4 Å². The first kappa shape index (κ1) is 53.5. The zero-order chi connectivity index (χ0) is 49.0. The van der Waals surface area contributed by atoms with Gasteiger partial charge < -0.3 is 63.7 Å². The van der Waals surface area contributed by atoms with Crippen molar-refractivity contribution in [1.29, 1.82) is 0 Å². The largest absolute Gasteiger partial charge is 0.391 e. The number of aliphatic hydroxyl groups is 3. The number of carbonyl (C=O) groups excluding carboxylic acids is 5. The molecule has 1 aromatic heterocycles. The van der Waals surface area contributed by atoms with Crippen LogP contribution in [0.1, 0.15) is 56.2 Å². The Morgan fingerprint density at radius 1 is 0.838 bits per heavy atom. The van der Waals surface area contributed by atoms with E-state index in [0.29, 0.717) is 38.8 Å². The number of H-pyrrole nitrogens is 1. The number of unbranched alkanes of at least 4 members (excludes halogenated alkanes) is 2. The van der Waals surface area contributed by atoms with Gasteiger partial charge in [-0.25, -0.2) is 0 Å². The number of aromatic nitrogens is 1. The summed E-state index contributed by atoms with van der Waals surface area (Å²) in [5.74, 6) is -2.60. The number of amides is 5. The minimum Gasteiger partial charge on any atom is -0.391 e. The molecule has 3 aromatic carbocycles. The number of benzene rings is 3. The molecule has 17 nitrogen and oxygen atoms in total. The minimum atomic E-state index is -1.65. The second-order valence-electron chi connectivity index (χ2n) is 16.9. The lowest BCUT2D eigenvalue weighted by molar-refractivity contribution is -0.135. The highest BCUT2D eigenvalue weighted by atomic mass is 32.2. The number of aromatic amines is 1. The lowest BCUT2D eigenvalue weighted by Gasteiger charge is -2.32. The Hall–Kier alpha value is -5.41. The number of para-hydroxylation sites is 1. The van der Waals surface area contributed by atoms with Crippen molar-refractivity contribution in [2.75, 3.05) is 30.3 Å². The minimum absolute atomic E-state index is 0.0550. The van der Waals surface area contributed by atoms with Gasteiger partial charge in [0.2, 0.25) is 29.5 Å². The Bertz CT molecular complexity index is 2280. The molecular formula is C49H67N9O8S2. The molecule has 68 heavy (non-hydrogen) atoms. The maximum atomic E-state index is 14.2. The third-order valence-corrected chi connectivity index (χ3v) is 13.9. The highest BCUT2D eigenvalue weighted by molar-refractivity contribution is 8.06. The zero-order valence-corrected chi connectivity index (χ0v) is 40.3. The van der Waals surface area contributed by atoms with E-state index >= 15 is 0 Å². The summed E-state index contributed by atoms with van der Waals surface area (Å²) in [6, 6.07) is 21.9. The average Bonchev–Trinajstić information content (AvgIpc) is 3.74. The zero-order valence-electron chi connectivity index (χ0n) is 38.6. The van der Waals surface area contributed by atoms with Gasteiger partial charge >= 0.3 is 0 Å². The summed E-state index contributed by atoms with van der Waals surface area (Å²) in [6.45, 7) is 3.62. The molecule has 2 heterocycles. The summed E-state index contributed by atoms with van der Waals surface area (Å²) in [7, 11) is 0. The van der Waals surface area contributed by atoms with E-state index < -0.39 is 72.3 Å². The lowest BCUT2D eigenvalue weighted by Crippen LogP contribution is -2.59. The van der Waals surface area contributed by atoms with Gasteiger partial charge in [-0.3, -0.25) is 24.0 Å². The van der Waals surface area contributed by atoms with Crippen LogP contribution in [-0.2, 0) is 43.2 Å². The summed E-state index contributed by atoms with van der Waals surface area (Å²) >= 11 is 2.66. The summed E-state index contributed by atoms with van der Waals surface area (Å²) < 4.78 is 0. The Morgan fingerprint density at radius 2 is 1.53 bits per heavy atom. The fourth-order valence-electron chi connectivity index (χ4n) is 7.58. The van der Waals surface area contributed by atoms with Gasteiger partial charge in [-0.2, -0.15) is 11.8 Å². The monoisotopic (exact) mass is 973 g/mol. The summed E-state index contributed by atoms with van der Waals surface area (Å²) in [5, 5.41) is 49.4. The van der Waals surface area contributed by atoms with Crippen LogP contribution in [0.2, 0.25) is 0 Å². The number of fused-ring (bicyclic) bond motifs is 1. The van der Waals surface area contributed by atoms with Crippen LogP contribution in [0.25, 0.3) is 10.9 Å². The number of aliphatic hydroxyl groups excluding tert-OH is 3. The van der Waals surface area contributed by atoms with Gasteiger partial charge in [0.05, 0.1) is 24.3 Å². The van der Waals surface area contributed by atoms with Crippen molar-refractivity contribution in [3.8, 4) is 0 Å². The Labute approximate surface area is 406 Å². The SMILES string of the molecule is C[C@@H](O)[C@H](NC(=O)CCCCCN)C(=O)N[C@@H](CSC/C1=C(\NCCc2c[nH]c3ccccc23)[C@H](Cc2ccccc2)NC(=O)[C@@H](NC(=O)[C@H](N)Cc2ccccc2)CS1)C(=O)N[C@H](O)[C@@H](C)O. The molecule has 0 aliphatic carbocycles. The fraction of sp³-hybridized carbons (Fsp3) is 0.449. The molecule has 4 aromatic rings. The van der Waals surface area contributed by atoms with Crippen LogP contribution in [0.3, 0.4) is 0 Å². The highest BCUT2D eigenvalue weighted by Gasteiger charge is 2.34. The van der Waals surface area contributed by atoms with Crippen molar-refractivity contribution < 1.29 is 39.3 Å². The third-order valence-electron chi connectivity index (χ3n) is 11.4. The molecule has 19 heteroatoms. The normalized spacial score (nSPS) is 19.0. The van der Waals surface area contributed by atoms with E-state index in [0.717, 1.165) is 44.6 Å². The molecule has 1 aliphatic heterocycles. The number of thioether (sulfide) groups is 2. The molecule has 0 bridgehead atoms. The van der Waals surface area contributed by atoms with Crippen molar-refractivity contribution in [2.45, 2.75) is 107 Å². The average molecular weight is 974 g/mol. The Balaban J connectivity index is 1.43. The van der Waals surface area contributed by atoms with E-state index in [2.05, 4.69) is 43.0 Å². The number of hydrogen-bond acceptors (Lipinski definition) is 13. The van der Waals surface area contributed by atoms with Crippen molar-refractivity contribution in [3.63, 3.8) is 0 Å². The van der Waals surface area contributed by atoms with Crippen LogP contribution in [0.15, 0.2) is 102 Å². The van der Waals surface area contributed by atoms with Gasteiger partial charge in [0.1, 0.15) is 18.1 Å². The molecule has 0 saturated carbocycles. The molecule has 5 amide bonds. The standard InChI is InChI=1S/C49H67N9O8S2/c1-30(59)43(57-42(61)20-10-5-13-22-50)49(66)56-39(48(65)58-45(62)31(2)60)27-67-29-41-44(52-23-21-34-26-53-37-19-12-11-18-35(34)37)38(25-33-16-8-4-9-17-33)54-47(64)40(28-68-41)55-46(63)36(51)24-32-14-6-3-7-15-32/h3-4,6-9,11-12,14-19,26,30-31,36,38-40,43,45,52-53,59-60,62H,5,10,13,20-25,27-29,50-51H2,1-2H3,(H,54,64)(H,55,63)(H,56,66)(H,57,61)(H,58,65)/b44-41+/t30-,31-,36-,38+,39+,40+,43+,45-/m1/s1. The van der Waals surface area contributed by atoms with Gasteiger partial charge in [-0.05, 0) is 75.3 Å². The van der Waals surface area contributed by atoms with Crippen LogP contribution in [0, 0.1) is 0 Å². The van der Waals surface area contributed by atoms with Crippen molar-refractivity contribution in [3.05, 3.63) is 118 Å². The molecule has 0 fully saturated rings. The quantitative estimate of drug-likeness (QED) is 0.0314. The second kappa shape index (κ2) is 27.6. The van der Waals surface area contributed by atoms with Gasteiger partial charge in [0.15, 0.2) is 6.23 Å². The predicted octanol–water partition coefficient (Wildman–Crippen LogP) is 1.46. The number of carbonyl (C=O) groups is 5. The molecule has 368 valence electrons. The van der Waals surface area contributed by atoms with Crippen LogP contribution in [0.5, 0.6) is 0 Å². The highest BCUT2D eigenvalue weighted by Crippen LogP contribution is 2.30. The van der Waals surface area contributed by atoms with Crippen molar-refractivity contribution in [2.24, 2.45) is 11.5 Å². The number of rotatable bonds is 26. The molecular weight excluding hydrogens is 907 g/mol. The molecule has 5 rings (SSSR count). The van der Waals surface area contributed by atoms with E-state index in [1.807, 2.05) is 85.1 Å². The molecule has 0 saturated heterocycles. The van der Waals surface area contributed by atoms with Gasteiger partial charge in [-0.15, -0.1) is 11.8 Å². The first-order chi connectivity index (χ1) is 32.7. The van der Waals surface area contributed by atoms with Crippen molar-refractivity contribution >= 4 is 64.0 Å². The Kier molecular flexibility index (Phi) is 21.7.